The first-order valence-corrected chi connectivity index (χ1v) is 8.69. The molecule has 3 fully saturated rings. The molecule has 0 radical (unpaired) electrons. The third-order valence-corrected chi connectivity index (χ3v) is 5.91. The topological polar surface area (TPSA) is 59.6 Å². The van der Waals surface area contributed by atoms with Gasteiger partial charge in [-0.25, -0.2) is 5.43 Å². The maximum Gasteiger partial charge on any atom is 0.324 e. The van der Waals surface area contributed by atoms with Gasteiger partial charge in [0.25, 0.3) is 0 Å². The predicted molar refractivity (Wildman–Crippen MR) is 78.7 cm³/mol. The summed E-state index contributed by atoms with van der Waals surface area (Å²) in [5, 5.41) is 0.352. The highest BCUT2D eigenvalue weighted by Crippen LogP contribution is 2.36. The maximum atomic E-state index is 12.0. The lowest BCUT2D eigenvalue weighted by molar-refractivity contribution is -0.145. The molecule has 2 N–H and O–H groups in total. The van der Waals surface area contributed by atoms with E-state index < -0.39 is 0 Å². The van der Waals surface area contributed by atoms with Crippen LogP contribution < -0.4 is 10.9 Å². The number of hydrogen-bond acceptors (Lipinski definition) is 6. The van der Waals surface area contributed by atoms with Gasteiger partial charge in [0, 0.05) is 17.9 Å². The molecular formula is C13H21ClN2O3S. The SMILES string of the molecule is O=C(OCC1CCC(Cl)S1)C1CC(C2CCCO2)NN1. The maximum absolute atomic E-state index is 12.0. The predicted octanol–water partition coefficient (Wildman–Crippen LogP) is 1.40. The molecule has 0 spiro atoms. The first-order valence-electron chi connectivity index (χ1n) is 7.31. The Labute approximate surface area is 128 Å². The van der Waals surface area contributed by atoms with E-state index in [0.717, 1.165) is 38.7 Å². The van der Waals surface area contributed by atoms with Crippen molar-refractivity contribution >= 4 is 29.3 Å². The average Bonchev–Trinajstić information content (AvgIpc) is 3.16. The Morgan fingerprint density at radius 2 is 2.25 bits per heavy atom. The summed E-state index contributed by atoms with van der Waals surface area (Å²) in [6.45, 7) is 1.30. The number of hydrogen-bond donors (Lipinski definition) is 2. The highest BCUT2D eigenvalue weighted by molar-refractivity contribution is 8.01. The zero-order valence-electron chi connectivity index (χ0n) is 11.3. The second-order valence-electron chi connectivity index (χ2n) is 5.61. The summed E-state index contributed by atoms with van der Waals surface area (Å²) in [7, 11) is 0. The van der Waals surface area contributed by atoms with Gasteiger partial charge in [-0.1, -0.05) is 0 Å². The molecule has 5 nitrogen and oxygen atoms in total. The van der Waals surface area contributed by atoms with Crippen LogP contribution in [0, 0.1) is 0 Å². The lowest BCUT2D eigenvalue weighted by Gasteiger charge is -2.16. The smallest absolute Gasteiger partial charge is 0.324 e. The van der Waals surface area contributed by atoms with Crippen LogP contribution in [-0.4, -0.2) is 47.3 Å². The lowest BCUT2D eigenvalue weighted by Crippen LogP contribution is -2.41. The molecule has 0 bridgehead atoms. The van der Waals surface area contributed by atoms with Crippen molar-refractivity contribution in [3.8, 4) is 0 Å². The fraction of sp³-hybridized carbons (Fsp3) is 0.923. The number of nitrogens with one attached hydrogen (secondary N) is 2. The quantitative estimate of drug-likeness (QED) is 0.603. The van der Waals surface area contributed by atoms with Gasteiger partial charge in [0.2, 0.25) is 0 Å². The molecule has 20 heavy (non-hydrogen) atoms. The summed E-state index contributed by atoms with van der Waals surface area (Å²) < 4.78 is 11.2. The minimum absolute atomic E-state index is 0.170. The van der Waals surface area contributed by atoms with Gasteiger partial charge in [-0.3, -0.25) is 10.2 Å². The van der Waals surface area contributed by atoms with Gasteiger partial charge < -0.3 is 9.47 Å². The molecule has 0 aromatic rings. The first-order chi connectivity index (χ1) is 9.72. The van der Waals surface area contributed by atoms with Crippen molar-refractivity contribution in [2.75, 3.05) is 13.2 Å². The van der Waals surface area contributed by atoms with Crippen molar-refractivity contribution in [2.24, 2.45) is 0 Å². The van der Waals surface area contributed by atoms with E-state index in [2.05, 4.69) is 10.9 Å². The highest BCUT2D eigenvalue weighted by atomic mass is 35.5. The van der Waals surface area contributed by atoms with E-state index in [4.69, 9.17) is 21.1 Å². The molecule has 114 valence electrons. The largest absolute Gasteiger partial charge is 0.463 e. The molecular weight excluding hydrogens is 300 g/mol. The summed E-state index contributed by atoms with van der Waals surface area (Å²) in [4.78, 5) is 12.0. The molecule has 0 saturated carbocycles. The summed E-state index contributed by atoms with van der Waals surface area (Å²) in [5.41, 5.74) is 6.19. The Kier molecular flexibility index (Phi) is 5.09. The standard InChI is InChI=1S/C13H21ClN2O3S/c14-12-4-3-8(20-12)7-19-13(17)10-6-9(15-16-10)11-2-1-5-18-11/h8-12,15-16H,1-7H2. The number of hydrazine groups is 1. The van der Waals surface area contributed by atoms with Crippen LogP contribution in [0.1, 0.15) is 32.1 Å². The Hall–Kier alpha value is -0.0100. The fourth-order valence-electron chi connectivity index (χ4n) is 2.96. The van der Waals surface area contributed by atoms with Crippen LogP contribution >= 0.6 is 23.4 Å². The monoisotopic (exact) mass is 320 g/mol. The van der Waals surface area contributed by atoms with Gasteiger partial charge >= 0.3 is 5.97 Å². The molecule has 3 heterocycles. The van der Waals surface area contributed by atoms with Crippen molar-refractivity contribution in [3.05, 3.63) is 0 Å². The minimum atomic E-state index is -0.262. The highest BCUT2D eigenvalue weighted by Gasteiger charge is 2.37. The number of carbonyl (C=O) groups excluding carboxylic acids is 1. The van der Waals surface area contributed by atoms with Crippen LogP contribution in [0.5, 0.6) is 0 Å². The van der Waals surface area contributed by atoms with Gasteiger partial charge in [-0.05, 0) is 32.1 Å². The van der Waals surface area contributed by atoms with Crippen molar-refractivity contribution < 1.29 is 14.3 Å². The van der Waals surface area contributed by atoms with E-state index in [1.807, 2.05) is 0 Å². The zero-order chi connectivity index (χ0) is 13.9. The van der Waals surface area contributed by atoms with Gasteiger partial charge in [0.05, 0.1) is 10.8 Å². The van der Waals surface area contributed by atoms with E-state index in [1.165, 1.54) is 0 Å². The average molecular weight is 321 g/mol. The molecule has 0 aromatic carbocycles. The van der Waals surface area contributed by atoms with Gasteiger partial charge in [0.15, 0.2) is 0 Å². The summed E-state index contributed by atoms with van der Waals surface area (Å²) in [6.07, 6.45) is 5.16. The summed E-state index contributed by atoms with van der Waals surface area (Å²) in [5.74, 6) is -0.170. The molecule has 5 unspecified atom stereocenters. The molecule has 3 rings (SSSR count). The second kappa shape index (κ2) is 6.83. The summed E-state index contributed by atoms with van der Waals surface area (Å²) in [6, 6.07) is -0.0504. The minimum Gasteiger partial charge on any atom is -0.463 e. The van der Waals surface area contributed by atoms with E-state index in [9.17, 15) is 4.79 Å². The van der Waals surface area contributed by atoms with E-state index in [-0.39, 0.29) is 28.9 Å². The number of thioether (sulfide) groups is 1. The Morgan fingerprint density at radius 1 is 1.35 bits per heavy atom. The fourth-order valence-corrected chi connectivity index (χ4v) is 4.63. The van der Waals surface area contributed by atoms with Gasteiger partial charge in [-0.2, -0.15) is 0 Å². The third-order valence-electron chi connectivity index (χ3n) is 4.10. The van der Waals surface area contributed by atoms with Crippen molar-refractivity contribution in [3.63, 3.8) is 0 Å². The number of carbonyl (C=O) groups is 1. The van der Waals surface area contributed by atoms with Crippen LogP contribution in [-0.2, 0) is 14.3 Å². The van der Waals surface area contributed by atoms with Gasteiger partial charge in [-0.15, -0.1) is 23.4 Å². The Balaban J connectivity index is 1.39. The van der Waals surface area contributed by atoms with Gasteiger partial charge in [0.1, 0.15) is 12.6 Å². The Bertz CT molecular complexity index is 355. The van der Waals surface area contributed by atoms with Crippen LogP contribution in [0.4, 0.5) is 0 Å². The first kappa shape index (κ1) is 14.9. The van der Waals surface area contributed by atoms with Crippen molar-refractivity contribution in [1.82, 2.24) is 10.9 Å². The normalized spacial score (nSPS) is 41.1. The molecule has 7 heteroatoms. The number of alkyl halides is 1. The van der Waals surface area contributed by atoms with Crippen LogP contribution in [0.15, 0.2) is 0 Å². The van der Waals surface area contributed by atoms with Crippen LogP contribution in [0.2, 0.25) is 0 Å². The molecule has 5 atom stereocenters. The number of esters is 1. The molecule has 3 aliphatic rings. The lowest BCUT2D eigenvalue weighted by atomic mass is 10.0. The molecule has 0 aliphatic carbocycles. The van der Waals surface area contributed by atoms with E-state index in [1.54, 1.807) is 11.8 Å². The molecule has 0 amide bonds. The van der Waals surface area contributed by atoms with E-state index in [0.29, 0.717) is 11.9 Å². The molecule has 3 saturated heterocycles. The Morgan fingerprint density at radius 3 is 2.95 bits per heavy atom. The second-order valence-corrected chi connectivity index (χ2v) is 7.90. The third kappa shape index (κ3) is 3.60. The number of ether oxygens (including phenoxy) is 2. The van der Waals surface area contributed by atoms with Crippen LogP contribution in [0.3, 0.4) is 0 Å². The number of rotatable bonds is 4. The van der Waals surface area contributed by atoms with Crippen molar-refractivity contribution in [1.29, 1.82) is 0 Å². The zero-order valence-corrected chi connectivity index (χ0v) is 12.9. The molecule has 0 aromatic heterocycles. The number of halogens is 1. The van der Waals surface area contributed by atoms with Crippen molar-refractivity contribution in [2.45, 2.75) is 60.3 Å². The summed E-state index contributed by atoms with van der Waals surface area (Å²) >= 11 is 7.73. The molecule has 3 aliphatic heterocycles. The van der Waals surface area contributed by atoms with Crippen LogP contribution in [0.25, 0.3) is 0 Å². The van der Waals surface area contributed by atoms with E-state index >= 15 is 0 Å².